The van der Waals surface area contributed by atoms with E-state index in [1.54, 1.807) is 0 Å². The van der Waals surface area contributed by atoms with Gasteiger partial charge in [0.2, 0.25) is 0 Å². The first-order chi connectivity index (χ1) is 5.88. The number of rotatable bonds is 5. The van der Waals surface area contributed by atoms with Crippen molar-refractivity contribution in [3.05, 3.63) is 0 Å². The molecule has 1 N–H and O–H groups in total. The zero-order chi connectivity index (χ0) is 10.5. The summed E-state index contributed by atoms with van der Waals surface area (Å²) in [5.74, 6) is -0.446. The van der Waals surface area contributed by atoms with Crippen LogP contribution in [0.3, 0.4) is 0 Å². The van der Waals surface area contributed by atoms with E-state index in [4.69, 9.17) is 4.55 Å². The monoisotopic (exact) mass is 233 g/mol. The second kappa shape index (κ2) is 7.64. The minimum Gasteiger partial charge on any atom is -0.464 e. The smallest absolute Gasteiger partial charge is 0.305 e. The van der Waals surface area contributed by atoms with Gasteiger partial charge < -0.3 is 4.74 Å². The second-order valence-electron chi connectivity index (χ2n) is 2.76. The molecular formula is C7H14NaO5S. The van der Waals surface area contributed by atoms with E-state index in [2.05, 4.69) is 4.74 Å². The fourth-order valence-electron chi connectivity index (χ4n) is 0.573. The van der Waals surface area contributed by atoms with E-state index in [9.17, 15) is 13.2 Å². The zero-order valence-electron chi connectivity index (χ0n) is 8.69. The largest absolute Gasteiger partial charge is 0.464 e. The predicted octanol–water partition coefficient (Wildman–Crippen LogP) is 0.225. The van der Waals surface area contributed by atoms with E-state index >= 15 is 0 Å². The van der Waals surface area contributed by atoms with Gasteiger partial charge in [0.1, 0.15) is 11.9 Å². The average molecular weight is 233 g/mol. The average Bonchev–Trinajstić information content (AvgIpc) is 1.99. The van der Waals surface area contributed by atoms with E-state index in [1.165, 1.54) is 6.92 Å². The molecular weight excluding hydrogens is 219 g/mol. The molecule has 0 bridgehead atoms. The first-order valence-corrected chi connectivity index (χ1v) is 5.50. The van der Waals surface area contributed by atoms with Gasteiger partial charge in [0.05, 0.1) is 0 Å². The maximum Gasteiger partial charge on any atom is 0.305 e. The zero-order valence-corrected chi connectivity index (χ0v) is 11.5. The molecule has 0 saturated heterocycles. The van der Waals surface area contributed by atoms with Crippen molar-refractivity contribution >= 4 is 45.6 Å². The Kier molecular flexibility index (Phi) is 9.17. The number of carbonyl (C=O) groups is 1. The van der Waals surface area contributed by atoms with Crippen LogP contribution >= 0.6 is 0 Å². The number of ether oxygens (including phenoxy) is 1. The first-order valence-electron chi connectivity index (χ1n) is 3.99. The van der Waals surface area contributed by atoms with Gasteiger partial charge in [-0.2, -0.15) is 8.42 Å². The van der Waals surface area contributed by atoms with Crippen LogP contribution in [-0.2, 0) is 19.6 Å². The van der Waals surface area contributed by atoms with Crippen LogP contribution in [0, 0.1) is 0 Å². The van der Waals surface area contributed by atoms with Crippen LogP contribution in [-0.4, -0.2) is 60.4 Å². The van der Waals surface area contributed by atoms with Gasteiger partial charge in [-0.25, -0.2) is 0 Å². The summed E-state index contributed by atoms with van der Waals surface area (Å²) in [6.45, 7) is 2.79. The van der Waals surface area contributed by atoms with Crippen molar-refractivity contribution in [1.29, 1.82) is 0 Å². The molecule has 0 aliphatic rings. The van der Waals surface area contributed by atoms with Gasteiger partial charge >= 0.3 is 5.97 Å². The van der Waals surface area contributed by atoms with Crippen LogP contribution in [0.25, 0.3) is 0 Å². The fourth-order valence-corrected chi connectivity index (χ4v) is 0.813. The molecule has 0 fully saturated rings. The van der Waals surface area contributed by atoms with Crippen LogP contribution < -0.4 is 0 Å². The number of carbonyl (C=O) groups excluding carboxylic acids is 1. The van der Waals surface area contributed by atoms with Crippen molar-refractivity contribution < 1.29 is 22.5 Å². The van der Waals surface area contributed by atoms with Crippen molar-refractivity contribution in [3.63, 3.8) is 0 Å². The molecule has 0 aliphatic carbocycles. The van der Waals surface area contributed by atoms with Gasteiger partial charge in [-0.05, 0) is 13.3 Å². The summed E-state index contributed by atoms with van der Waals surface area (Å²) in [5.41, 5.74) is 0. The van der Waals surface area contributed by atoms with Crippen LogP contribution in [0.5, 0.6) is 0 Å². The maximum absolute atomic E-state index is 10.8. The van der Waals surface area contributed by atoms with Crippen molar-refractivity contribution in [2.75, 3.05) is 6.61 Å². The van der Waals surface area contributed by atoms with Gasteiger partial charge in [-0.1, -0.05) is 6.92 Å². The van der Waals surface area contributed by atoms with E-state index in [0.717, 1.165) is 0 Å². The van der Waals surface area contributed by atoms with Crippen LogP contribution in [0.15, 0.2) is 0 Å². The fraction of sp³-hybridized carbons (Fsp3) is 0.857. The Morgan fingerprint density at radius 3 is 2.36 bits per heavy atom. The Labute approximate surface area is 106 Å². The van der Waals surface area contributed by atoms with Crippen molar-refractivity contribution in [2.45, 2.75) is 31.9 Å². The SMILES string of the molecule is CCCC(=O)OCC(C)S(=O)(=O)O.[Na]. The molecule has 1 unspecified atom stereocenters. The molecule has 7 heteroatoms. The third-order valence-electron chi connectivity index (χ3n) is 1.44. The summed E-state index contributed by atoms with van der Waals surface area (Å²) >= 11 is 0. The molecule has 0 aromatic carbocycles. The predicted molar refractivity (Wildman–Crippen MR) is 52.6 cm³/mol. The molecule has 1 radical (unpaired) electrons. The standard InChI is InChI=1S/C7H14O5S.Na/c1-3-4-7(8)12-5-6(2)13(9,10)11;/h6H,3-5H2,1-2H3,(H,9,10,11);. The van der Waals surface area contributed by atoms with E-state index in [1.807, 2.05) is 6.92 Å². The summed E-state index contributed by atoms with van der Waals surface area (Å²) in [4.78, 5) is 10.8. The van der Waals surface area contributed by atoms with Gasteiger partial charge in [0.15, 0.2) is 0 Å². The van der Waals surface area contributed by atoms with Gasteiger partial charge in [0, 0.05) is 36.0 Å². The Bertz CT molecular complexity index is 261. The minimum absolute atomic E-state index is 0. The van der Waals surface area contributed by atoms with Crippen LogP contribution in [0.4, 0.5) is 0 Å². The normalized spacial score (nSPS) is 12.8. The van der Waals surface area contributed by atoms with Gasteiger partial charge in [0.25, 0.3) is 10.1 Å². The van der Waals surface area contributed by atoms with Crippen molar-refractivity contribution in [2.24, 2.45) is 0 Å². The first kappa shape index (κ1) is 16.8. The summed E-state index contributed by atoms with van der Waals surface area (Å²) in [6.07, 6.45) is 0.914. The van der Waals surface area contributed by atoms with Crippen LogP contribution in [0.1, 0.15) is 26.7 Å². The molecule has 0 spiro atoms. The molecule has 0 aromatic rings. The summed E-state index contributed by atoms with van der Waals surface area (Å²) in [6, 6.07) is 0. The Balaban J connectivity index is 0. The van der Waals surface area contributed by atoms with E-state index in [0.29, 0.717) is 6.42 Å². The Hall–Kier alpha value is 0.380. The third kappa shape index (κ3) is 7.75. The molecule has 0 heterocycles. The summed E-state index contributed by atoms with van der Waals surface area (Å²) < 4.78 is 34.0. The topological polar surface area (TPSA) is 80.7 Å². The van der Waals surface area contributed by atoms with Crippen molar-refractivity contribution in [3.8, 4) is 0 Å². The summed E-state index contributed by atoms with van der Waals surface area (Å²) in [7, 11) is -4.09. The van der Waals surface area contributed by atoms with Gasteiger partial charge in [-0.15, -0.1) is 0 Å². The number of hydrogen-bond donors (Lipinski definition) is 1. The molecule has 5 nitrogen and oxygen atoms in total. The van der Waals surface area contributed by atoms with Gasteiger partial charge in [-0.3, -0.25) is 9.35 Å². The molecule has 0 aliphatic heterocycles. The Morgan fingerprint density at radius 1 is 1.50 bits per heavy atom. The maximum atomic E-state index is 10.8. The third-order valence-corrected chi connectivity index (χ3v) is 2.59. The molecule has 0 saturated carbocycles. The van der Waals surface area contributed by atoms with E-state index < -0.39 is 21.3 Å². The minimum atomic E-state index is -4.09. The van der Waals surface area contributed by atoms with E-state index in [-0.39, 0.29) is 42.6 Å². The molecule has 0 rings (SSSR count). The van der Waals surface area contributed by atoms with Crippen molar-refractivity contribution in [1.82, 2.24) is 0 Å². The molecule has 14 heavy (non-hydrogen) atoms. The quantitative estimate of drug-likeness (QED) is 0.417. The molecule has 1 atom stereocenters. The Morgan fingerprint density at radius 2 is 2.00 bits per heavy atom. The summed E-state index contributed by atoms with van der Waals surface area (Å²) in [5, 5.41) is -1.06. The van der Waals surface area contributed by atoms with Crippen LogP contribution in [0.2, 0.25) is 0 Å². The molecule has 0 aromatic heterocycles. The molecule has 0 amide bonds. The molecule has 79 valence electrons. The second-order valence-corrected chi connectivity index (χ2v) is 4.59. The number of hydrogen-bond acceptors (Lipinski definition) is 4. The number of esters is 1.